The van der Waals surface area contributed by atoms with Crippen molar-refractivity contribution in [2.45, 2.75) is 6.54 Å². The molecular formula is C16H14N2O2. The molecule has 4 nitrogen and oxygen atoms in total. The lowest BCUT2D eigenvalue weighted by Gasteiger charge is -2.06. The first kappa shape index (κ1) is 13.8. The van der Waals surface area contributed by atoms with Gasteiger partial charge in [-0.3, -0.25) is 9.78 Å². The van der Waals surface area contributed by atoms with Crippen LogP contribution >= 0.6 is 0 Å². The second kappa shape index (κ2) is 7.07. The highest BCUT2D eigenvalue weighted by atomic mass is 16.2. The van der Waals surface area contributed by atoms with Crippen LogP contribution in [-0.4, -0.2) is 22.6 Å². The standard InChI is InChI=1S/C16H14N2O2/c19-11-5-8-13-6-1-2-7-14(13)12-18-16(20)15-9-3-4-10-17-15/h1-4,6-7,9-10,19H,11-12H2,(H,18,20). The fourth-order valence-corrected chi connectivity index (χ4v) is 1.69. The summed E-state index contributed by atoms with van der Waals surface area (Å²) in [5, 5.41) is 11.5. The van der Waals surface area contributed by atoms with Crippen molar-refractivity contribution >= 4 is 5.91 Å². The summed E-state index contributed by atoms with van der Waals surface area (Å²) in [4.78, 5) is 15.9. The van der Waals surface area contributed by atoms with Gasteiger partial charge in [0.15, 0.2) is 0 Å². The minimum atomic E-state index is -0.226. The van der Waals surface area contributed by atoms with Crippen LogP contribution in [0.3, 0.4) is 0 Å². The summed E-state index contributed by atoms with van der Waals surface area (Å²) in [7, 11) is 0. The SMILES string of the molecule is O=C(NCc1ccccc1C#CCO)c1ccccn1. The van der Waals surface area contributed by atoms with E-state index in [1.165, 1.54) is 0 Å². The summed E-state index contributed by atoms with van der Waals surface area (Å²) in [6, 6.07) is 12.7. The first-order valence-electron chi connectivity index (χ1n) is 6.18. The summed E-state index contributed by atoms with van der Waals surface area (Å²) in [6.07, 6.45) is 1.58. The predicted octanol–water partition coefficient (Wildman–Crippen LogP) is 1.36. The van der Waals surface area contributed by atoms with E-state index in [2.05, 4.69) is 22.1 Å². The van der Waals surface area contributed by atoms with Crippen molar-refractivity contribution < 1.29 is 9.90 Å². The molecule has 1 aromatic heterocycles. The van der Waals surface area contributed by atoms with Crippen LogP contribution in [0.5, 0.6) is 0 Å². The number of nitrogens with one attached hydrogen (secondary N) is 1. The van der Waals surface area contributed by atoms with Crippen LogP contribution < -0.4 is 5.32 Å². The van der Waals surface area contributed by atoms with Crippen molar-refractivity contribution in [2.75, 3.05) is 6.61 Å². The van der Waals surface area contributed by atoms with Crippen LogP contribution in [0.15, 0.2) is 48.7 Å². The molecular weight excluding hydrogens is 252 g/mol. The average Bonchev–Trinajstić information content (AvgIpc) is 2.52. The van der Waals surface area contributed by atoms with Gasteiger partial charge in [0.05, 0.1) is 0 Å². The van der Waals surface area contributed by atoms with E-state index in [4.69, 9.17) is 5.11 Å². The van der Waals surface area contributed by atoms with E-state index in [0.717, 1.165) is 11.1 Å². The van der Waals surface area contributed by atoms with E-state index in [9.17, 15) is 4.79 Å². The third kappa shape index (κ3) is 3.67. The lowest BCUT2D eigenvalue weighted by molar-refractivity contribution is 0.0946. The Morgan fingerprint density at radius 3 is 2.75 bits per heavy atom. The molecule has 0 aliphatic heterocycles. The minimum absolute atomic E-state index is 0.186. The maximum absolute atomic E-state index is 11.9. The molecule has 1 aromatic carbocycles. The largest absolute Gasteiger partial charge is 0.384 e. The molecule has 100 valence electrons. The Balaban J connectivity index is 2.06. The number of nitrogens with zero attached hydrogens (tertiary/aromatic N) is 1. The number of hydrogen-bond acceptors (Lipinski definition) is 3. The molecule has 1 amide bonds. The number of amides is 1. The number of benzene rings is 1. The van der Waals surface area contributed by atoms with Gasteiger partial charge in [-0.2, -0.15) is 0 Å². The van der Waals surface area contributed by atoms with Crippen LogP contribution in [0.1, 0.15) is 21.6 Å². The molecule has 0 atom stereocenters. The van der Waals surface area contributed by atoms with Crippen LogP contribution in [0.25, 0.3) is 0 Å². The highest BCUT2D eigenvalue weighted by Crippen LogP contribution is 2.07. The number of carbonyl (C=O) groups is 1. The molecule has 0 bridgehead atoms. The summed E-state index contributed by atoms with van der Waals surface area (Å²) < 4.78 is 0. The van der Waals surface area contributed by atoms with Crippen molar-refractivity contribution in [1.29, 1.82) is 0 Å². The molecule has 2 N–H and O–H groups in total. The van der Waals surface area contributed by atoms with Crippen molar-refractivity contribution in [3.63, 3.8) is 0 Å². The Morgan fingerprint density at radius 1 is 1.20 bits per heavy atom. The molecule has 0 saturated carbocycles. The summed E-state index contributed by atoms with van der Waals surface area (Å²) in [5.74, 6) is 5.24. The fraction of sp³-hybridized carbons (Fsp3) is 0.125. The molecule has 4 heteroatoms. The molecule has 2 rings (SSSR count). The van der Waals surface area contributed by atoms with Gasteiger partial charge in [-0.05, 0) is 23.8 Å². The number of carbonyl (C=O) groups excluding carboxylic acids is 1. The molecule has 0 aliphatic carbocycles. The van der Waals surface area contributed by atoms with Crippen LogP contribution in [0, 0.1) is 11.8 Å². The van der Waals surface area contributed by atoms with Crippen molar-refractivity contribution in [3.8, 4) is 11.8 Å². The third-order valence-electron chi connectivity index (χ3n) is 2.66. The number of aliphatic hydroxyl groups excluding tert-OH is 1. The number of pyridine rings is 1. The van der Waals surface area contributed by atoms with Crippen molar-refractivity contribution in [1.82, 2.24) is 10.3 Å². The lowest BCUT2D eigenvalue weighted by Crippen LogP contribution is -2.24. The molecule has 0 unspecified atom stereocenters. The maximum atomic E-state index is 11.9. The van der Waals surface area contributed by atoms with Gasteiger partial charge in [-0.1, -0.05) is 36.1 Å². The molecule has 0 fully saturated rings. The Bertz CT molecular complexity index is 642. The van der Waals surface area contributed by atoms with Crippen LogP contribution in [0.4, 0.5) is 0 Å². The van der Waals surface area contributed by atoms with Gasteiger partial charge in [-0.15, -0.1) is 0 Å². The van der Waals surface area contributed by atoms with Crippen LogP contribution in [-0.2, 0) is 6.54 Å². The van der Waals surface area contributed by atoms with Crippen molar-refractivity contribution in [3.05, 3.63) is 65.5 Å². The molecule has 0 radical (unpaired) electrons. The Labute approximate surface area is 117 Å². The molecule has 1 heterocycles. The quantitative estimate of drug-likeness (QED) is 0.824. The summed E-state index contributed by atoms with van der Waals surface area (Å²) in [5.41, 5.74) is 2.08. The Hall–Kier alpha value is -2.64. The first-order chi connectivity index (χ1) is 9.81. The zero-order chi connectivity index (χ0) is 14.2. The van der Waals surface area contributed by atoms with Gasteiger partial charge in [0.2, 0.25) is 0 Å². The Kier molecular flexibility index (Phi) is 4.87. The number of aliphatic hydroxyl groups is 1. The number of aromatic nitrogens is 1. The van der Waals surface area contributed by atoms with Gasteiger partial charge < -0.3 is 10.4 Å². The van der Waals surface area contributed by atoms with Gasteiger partial charge in [0, 0.05) is 18.3 Å². The third-order valence-corrected chi connectivity index (χ3v) is 2.66. The zero-order valence-corrected chi connectivity index (χ0v) is 10.8. The number of rotatable bonds is 3. The average molecular weight is 266 g/mol. The highest BCUT2D eigenvalue weighted by Gasteiger charge is 2.06. The normalized spacial score (nSPS) is 9.45. The summed E-state index contributed by atoms with van der Waals surface area (Å²) >= 11 is 0. The lowest BCUT2D eigenvalue weighted by atomic mass is 10.1. The maximum Gasteiger partial charge on any atom is 0.270 e. The fourth-order valence-electron chi connectivity index (χ4n) is 1.69. The van der Waals surface area contributed by atoms with Gasteiger partial charge in [-0.25, -0.2) is 0 Å². The van der Waals surface area contributed by atoms with E-state index in [1.807, 2.05) is 24.3 Å². The van der Waals surface area contributed by atoms with E-state index in [-0.39, 0.29) is 12.5 Å². The molecule has 0 aliphatic rings. The van der Waals surface area contributed by atoms with Crippen LogP contribution in [0.2, 0.25) is 0 Å². The smallest absolute Gasteiger partial charge is 0.270 e. The van der Waals surface area contributed by atoms with E-state index in [1.54, 1.807) is 24.4 Å². The predicted molar refractivity (Wildman–Crippen MR) is 75.8 cm³/mol. The zero-order valence-electron chi connectivity index (χ0n) is 10.8. The second-order valence-electron chi connectivity index (χ2n) is 4.01. The van der Waals surface area contributed by atoms with E-state index in [0.29, 0.717) is 12.2 Å². The first-order valence-corrected chi connectivity index (χ1v) is 6.18. The highest BCUT2D eigenvalue weighted by molar-refractivity contribution is 5.92. The Morgan fingerprint density at radius 2 is 2.00 bits per heavy atom. The van der Waals surface area contributed by atoms with Crippen molar-refractivity contribution in [2.24, 2.45) is 0 Å². The molecule has 20 heavy (non-hydrogen) atoms. The molecule has 2 aromatic rings. The minimum Gasteiger partial charge on any atom is -0.384 e. The number of hydrogen-bond donors (Lipinski definition) is 2. The molecule has 0 spiro atoms. The van der Waals surface area contributed by atoms with Gasteiger partial charge in [0.25, 0.3) is 5.91 Å². The second-order valence-corrected chi connectivity index (χ2v) is 4.01. The van der Waals surface area contributed by atoms with Gasteiger partial charge in [0.1, 0.15) is 12.3 Å². The topological polar surface area (TPSA) is 62.2 Å². The summed E-state index contributed by atoms with van der Waals surface area (Å²) in [6.45, 7) is 0.181. The molecule has 0 saturated heterocycles. The monoisotopic (exact) mass is 266 g/mol. The van der Waals surface area contributed by atoms with Gasteiger partial charge >= 0.3 is 0 Å². The van der Waals surface area contributed by atoms with E-state index < -0.39 is 0 Å². The van der Waals surface area contributed by atoms with E-state index >= 15 is 0 Å².